The fourth-order valence-electron chi connectivity index (χ4n) is 1.94. The van der Waals surface area contributed by atoms with Crippen molar-refractivity contribution in [2.75, 3.05) is 23.4 Å². The molecule has 19 heavy (non-hydrogen) atoms. The number of anilines is 1. The SMILES string of the molecule is O=C(CNc1ccc(Br)cc1)N[C@H]1CCS(=O)(=O)C1. The fourth-order valence-corrected chi connectivity index (χ4v) is 3.88. The van der Waals surface area contributed by atoms with Gasteiger partial charge in [0.25, 0.3) is 0 Å². The monoisotopic (exact) mass is 346 g/mol. The van der Waals surface area contributed by atoms with Crippen LogP contribution in [0.3, 0.4) is 0 Å². The van der Waals surface area contributed by atoms with Crippen molar-refractivity contribution in [1.82, 2.24) is 5.32 Å². The summed E-state index contributed by atoms with van der Waals surface area (Å²) in [6.07, 6.45) is 0.506. The maximum Gasteiger partial charge on any atom is 0.239 e. The van der Waals surface area contributed by atoms with Crippen LogP contribution in [0.15, 0.2) is 28.7 Å². The van der Waals surface area contributed by atoms with E-state index in [0.29, 0.717) is 6.42 Å². The van der Waals surface area contributed by atoms with E-state index in [1.807, 2.05) is 24.3 Å². The number of carbonyl (C=O) groups is 1. The first-order valence-corrected chi connectivity index (χ1v) is 8.55. The molecule has 2 rings (SSSR count). The van der Waals surface area contributed by atoms with Crippen LogP contribution in [0.4, 0.5) is 5.69 Å². The Kier molecular flexibility index (Phi) is 4.46. The number of hydrogen-bond acceptors (Lipinski definition) is 4. The van der Waals surface area contributed by atoms with Crippen LogP contribution >= 0.6 is 15.9 Å². The van der Waals surface area contributed by atoms with Crippen molar-refractivity contribution in [3.05, 3.63) is 28.7 Å². The molecule has 1 heterocycles. The lowest BCUT2D eigenvalue weighted by Crippen LogP contribution is -2.39. The van der Waals surface area contributed by atoms with Crippen molar-refractivity contribution in [2.45, 2.75) is 12.5 Å². The Balaban J connectivity index is 1.77. The molecule has 2 N–H and O–H groups in total. The van der Waals surface area contributed by atoms with Crippen LogP contribution in [0.5, 0.6) is 0 Å². The molecule has 0 unspecified atom stereocenters. The third-order valence-electron chi connectivity index (χ3n) is 2.89. The van der Waals surface area contributed by atoms with Crippen LogP contribution in [-0.4, -0.2) is 38.4 Å². The first kappa shape index (κ1) is 14.3. The van der Waals surface area contributed by atoms with Crippen LogP contribution in [0.25, 0.3) is 0 Å². The molecule has 104 valence electrons. The number of sulfone groups is 1. The van der Waals surface area contributed by atoms with Gasteiger partial charge < -0.3 is 10.6 Å². The third kappa shape index (κ3) is 4.50. The summed E-state index contributed by atoms with van der Waals surface area (Å²) in [6.45, 7) is 0.137. The van der Waals surface area contributed by atoms with E-state index in [2.05, 4.69) is 26.6 Å². The lowest BCUT2D eigenvalue weighted by molar-refractivity contribution is -0.119. The van der Waals surface area contributed by atoms with Crippen LogP contribution in [0.2, 0.25) is 0 Å². The molecule has 0 aliphatic carbocycles. The average molecular weight is 347 g/mol. The Bertz CT molecular complexity index is 557. The van der Waals surface area contributed by atoms with Crippen molar-refractivity contribution in [2.24, 2.45) is 0 Å². The Morgan fingerprint density at radius 2 is 2.00 bits per heavy atom. The van der Waals surface area contributed by atoms with E-state index in [0.717, 1.165) is 10.2 Å². The highest BCUT2D eigenvalue weighted by Crippen LogP contribution is 2.14. The lowest BCUT2D eigenvalue weighted by atomic mass is 10.2. The van der Waals surface area contributed by atoms with E-state index in [1.165, 1.54) is 0 Å². The molecule has 0 aromatic heterocycles. The van der Waals surface area contributed by atoms with Crippen molar-refractivity contribution in [3.63, 3.8) is 0 Å². The summed E-state index contributed by atoms with van der Waals surface area (Å²) in [6, 6.07) is 7.23. The summed E-state index contributed by atoms with van der Waals surface area (Å²) in [5.74, 6) is 0.0276. The van der Waals surface area contributed by atoms with E-state index in [9.17, 15) is 13.2 Å². The van der Waals surface area contributed by atoms with E-state index < -0.39 is 9.84 Å². The molecular formula is C12H15BrN2O3S. The van der Waals surface area contributed by atoms with Gasteiger partial charge >= 0.3 is 0 Å². The van der Waals surface area contributed by atoms with E-state index in [-0.39, 0.29) is 30.0 Å². The zero-order chi connectivity index (χ0) is 13.9. The Morgan fingerprint density at radius 1 is 1.32 bits per heavy atom. The number of nitrogens with one attached hydrogen (secondary N) is 2. The van der Waals surface area contributed by atoms with Crippen LogP contribution < -0.4 is 10.6 Å². The van der Waals surface area contributed by atoms with Gasteiger partial charge in [0, 0.05) is 16.2 Å². The van der Waals surface area contributed by atoms with Gasteiger partial charge in [-0.3, -0.25) is 4.79 Å². The van der Waals surface area contributed by atoms with E-state index in [1.54, 1.807) is 0 Å². The predicted molar refractivity (Wildman–Crippen MR) is 77.8 cm³/mol. The van der Waals surface area contributed by atoms with Crippen molar-refractivity contribution in [1.29, 1.82) is 0 Å². The van der Waals surface area contributed by atoms with Crippen molar-refractivity contribution < 1.29 is 13.2 Å². The highest BCUT2D eigenvalue weighted by Gasteiger charge is 2.28. The average Bonchev–Trinajstić information content (AvgIpc) is 2.68. The largest absolute Gasteiger partial charge is 0.376 e. The first-order valence-electron chi connectivity index (χ1n) is 5.94. The zero-order valence-corrected chi connectivity index (χ0v) is 12.6. The Labute approximate surface area is 120 Å². The van der Waals surface area contributed by atoms with Crippen LogP contribution in [0.1, 0.15) is 6.42 Å². The molecule has 1 atom stereocenters. The Hall–Kier alpha value is -1.08. The first-order chi connectivity index (χ1) is 8.94. The second-order valence-corrected chi connectivity index (χ2v) is 7.67. The van der Waals surface area contributed by atoms with Gasteiger partial charge in [-0.05, 0) is 30.7 Å². The van der Waals surface area contributed by atoms with Crippen molar-refractivity contribution in [3.8, 4) is 0 Å². The minimum absolute atomic E-state index is 0.0526. The molecule has 1 fully saturated rings. The summed E-state index contributed by atoms with van der Waals surface area (Å²) >= 11 is 3.33. The second kappa shape index (κ2) is 5.92. The summed E-state index contributed by atoms with van der Waals surface area (Å²) < 4.78 is 23.5. The van der Waals surface area contributed by atoms with Gasteiger partial charge in [-0.25, -0.2) is 8.42 Å². The number of benzene rings is 1. The maximum absolute atomic E-state index is 11.7. The van der Waals surface area contributed by atoms with Gasteiger partial charge in [-0.2, -0.15) is 0 Å². The van der Waals surface area contributed by atoms with E-state index in [4.69, 9.17) is 0 Å². The number of hydrogen-bond donors (Lipinski definition) is 2. The normalized spacial score (nSPS) is 21.0. The molecule has 1 aromatic rings. The molecule has 1 saturated heterocycles. The van der Waals surface area contributed by atoms with Crippen LogP contribution in [-0.2, 0) is 14.6 Å². The number of amides is 1. The Morgan fingerprint density at radius 3 is 2.58 bits per heavy atom. The highest BCUT2D eigenvalue weighted by molar-refractivity contribution is 9.10. The molecule has 1 amide bonds. The molecule has 1 aliphatic heterocycles. The number of rotatable bonds is 4. The summed E-state index contributed by atoms with van der Waals surface area (Å²) in [7, 11) is -2.95. The van der Waals surface area contributed by atoms with Gasteiger partial charge in [0.2, 0.25) is 5.91 Å². The molecule has 0 saturated carbocycles. The lowest BCUT2D eigenvalue weighted by Gasteiger charge is -2.12. The third-order valence-corrected chi connectivity index (χ3v) is 5.19. The molecule has 1 aromatic carbocycles. The highest BCUT2D eigenvalue weighted by atomic mass is 79.9. The minimum Gasteiger partial charge on any atom is -0.376 e. The second-order valence-electron chi connectivity index (χ2n) is 4.53. The molecule has 1 aliphatic rings. The fraction of sp³-hybridized carbons (Fsp3) is 0.417. The van der Waals surface area contributed by atoms with Gasteiger partial charge in [0.05, 0.1) is 18.1 Å². The number of carbonyl (C=O) groups excluding carboxylic acids is 1. The molecular weight excluding hydrogens is 332 g/mol. The van der Waals surface area contributed by atoms with Gasteiger partial charge in [-0.1, -0.05) is 15.9 Å². The molecule has 0 spiro atoms. The van der Waals surface area contributed by atoms with E-state index >= 15 is 0 Å². The zero-order valence-electron chi connectivity index (χ0n) is 10.2. The summed E-state index contributed by atoms with van der Waals surface area (Å²) in [5.41, 5.74) is 0.845. The van der Waals surface area contributed by atoms with Crippen molar-refractivity contribution >= 4 is 37.4 Å². The standard InChI is InChI=1S/C12H15BrN2O3S/c13-9-1-3-10(4-2-9)14-7-12(16)15-11-5-6-19(17,18)8-11/h1-4,11,14H,5-8H2,(H,15,16)/t11-/m0/s1. The van der Waals surface area contributed by atoms with Crippen LogP contribution in [0, 0.1) is 0 Å². The summed E-state index contributed by atoms with van der Waals surface area (Å²) in [4.78, 5) is 11.7. The molecule has 0 bridgehead atoms. The molecule has 7 heteroatoms. The predicted octanol–water partition coefficient (Wildman–Crippen LogP) is 1.16. The quantitative estimate of drug-likeness (QED) is 0.857. The molecule has 0 radical (unpaired) electrons. The smallest absolute Gasteiger partial charge is 0.239 e. The van der Waals surface area contributed by atoms with Gasteiger partial charge in [-0.15, -0.1) is 0 Å². The van der Waals surface area contributed by atoms with Gasteiger partial charge in [0.1, 0.15) is 0 Å². The minimum atomic E-state index is -2.95. The maximum atomic E-state index is 11.7. The van der Waals surface area contributed by atoms with Gasteiger partial charge in [0.15, 0.2) is 9.84 Å². The number of halogens is 1. The summed E-state index contributed by atoms with van der Waals surface area (Å²) in [5, 5.41) is 5.71. The molecule has 5 nitrogen and oxygen atoms in total. The topological polar surface area (TPSA) is 75.3 Å².